The van der Waals surface area contributed by atoms with Crippen LogP contribution in [0.25, 0.3) is 10.2 Å². The van der Waals surface area contributed by atoms with Crippen LogP contribution in [0.5, 0.6) is 0 Å². The molecule has 2 amide bonds. The number of nitrogens with two attached hydrogens (primary N) is 1. The maximum absolute atomic E-state index is 13.5. The highest BCUT2D eigenvalue weighted by Gasteiger charge is 2.29. The van der Waals surface area contributed by atoms with E-state index >= 15 is 0 Å². The van der Waals surface area contributed by atoms with Gasteiger partial charge in [0, 0.05) is 30.1 Å². The van der Waals surface area contributed by atoms with E-state index in [2.05, 4.69) is 20.3 Å². The van der Waals surface area contributed by atoms with Gasteiger partial charge in [-0.3, -0.25) is 14.6 Å². The van der Waals surface area contributed by atoms with E-state index in [1.807, 2.05) is 37.3 Å². The average molecular weight is 475 g/mol. The minimum Gasteiger partial charge on any atom is -0.383 e. The zero-order valence-electron chi connectivity index (χ0n) is 18.4. The molecule has 0 aliphatic carbocycles. The number of amides is 2. The Hall–Kier alpha value is -3.89. The number of aromatic nitrogens is 3. The monoisotopic (exact) mass is 474 g/mol. The Morgan fingerprint density at radius 3 is 2.79 bits per heavy atom. The molecule has 0 spiro atoms. The van der Waals surface area contributed by atoms with Crippen molar-refractivity contribution in [3.63, 3.8) is 0 Å². The quantitative estimate of drug-likeness (QED) is 0.425. The number of rotatable bonds is 5. The summed E-state index contributed by atoms with van der Waals surface area (Å²) in [6.45, 7) is 2.76. The molecule has 3 N–H and O–H groups in total. The van der Waals surface area contributed by atoms with Crippen LogP contribution in [0, 0.1) is 0 Å². The number of carbonyl (C=O) groups excluding carboxylic acids is 2. The maximum Gasteiger partial charge on any atom is 0.313 e. The van der Waals surface area contributed by atoms with E-state index in [9.17, 15) is 9.59 Å². The average Bonchev–Trinajstić information content (AvgIpc) is 3.54. The highest BCUT2D eigenvalue weighted by molar-refractivity contribution is 7.16. The number of anilines is 2. The topological polar surface area (TPSA) is 123 Å². The molecule has 1 aromatic carbocycles. The number of nitrogens with one attached hydrogen (secondary N) is 1. The molecule has 1 atom stereocenters. The van der Waals surface area contributed by atoms with Crippen molar-refractivity contribution >= 4 is 44.9 Å². The van der Waals surface area contributed by atoms with Crippen LogP contribution in [0.2, 0.25) is 0 Å². The van der Waals surface area contributed by atoms with Crippen molar-refractivity contribution in [2.24, 2.45) is 0 Å². The van der Waals surface area contributed by atoms with Crippen LogP contribution in [0.15, 0.2) is 54.4 Å². The number of thiazole rings is 1. The first kappa shape index (κ1) is 21.9. The van der Waals surface area contributed by atoms with Crippen molar-refractivity contribution in [1.82, 2.24) is 19.9 Å². The molecule has 0 saturated carbocycles. The molecule has 0 fully saturated rings. The van der Waals surface area contributed by atoms with Gasteiger partial charge >= 0.3 is 11.8 Å². The first-order valence-corrected chi connectivity index (χ1v) is 11.6. The van der Waals surface area contributed by atoms with Crippen molar-refractivity contribution < 1.29 is 14.3 Å². The highest BCUT2D eigenvalue weighted by Crippen LogP contribution is 2.30. The summed E-state index contributed by atoms with van der Waals surface area (Å²) >= 11 is 1.55. The molecule has 5 rings (SSSR count). The normalized spacial score (nSPS) is 13.4. The van der Waals surface area contributed by atoms with E-state index in [4.69, 9.17) is 10.5 Å². The van der Waals surface area contributed by atoms with E-state index in [-0.39, 0.29) is 12.6 Å². The minimum atomic E-state index is -0.753. The molecule has 3 aromatic heterocycles. The summed E-state index contributed by atoms with van der Waals surface area (Å²) in [5.41, 5.74) is 12.2. The highest BCUT2D eigenvalue weighted by atomic mass is 32.1. The minimum absolute atomic E-state index is 0.240. The van der Waals surface area contributed by atoms with E-state index in [0.29, 0.717) is 24.7 Å². The first-order chi connectivity index (χ1) is 16.5. The number of pyridine rings is 2. The summed E-state index contributed by atoms with van der Waals surface area (Å²) in [6, 6.07) is 9.17. The first-order valence-electron chi connectivity index (χ1n) is 10.7. The molecule has 1 unspecified atom stereocenters. The van der Waals surface area contributed by atoms with Crippen molar-refractivity contribution in [2.75, 3.05) is 11.1 Å². The SMILES string of the molecule is CC(c1ccncc1)N(Cc1ccc2scnc2c1)C(=O)C(=O)Nc1cnc(N)c2c1COC2. The molecular weight excluding hydrogens is 452 g/mol. The molecule has 9 nitrogen and oxygen atoms in total. The summed E-state index contributed by atoms with van der Waals surface area (Å²) < 4.78 is 6.52. The maximum atomic E-state index is 13.5. The lowest BCUT2D eigenvalue weighted by Gasteiger charge is -2.29. The molecule has 0 bridgehead atoms. The lowest BCUT2D eigenvalue weighted by Crippen LogP contribution is -2.41. The predicted octanol–water partition coefficient (Wildman–Crippen LogP) is 3.43. The molecule has 172 valence electrons. The Balaban J connectivity index is 1.43. The van der Waals surface area contributed by atoms with Crippen molar-refractivity contribution in [2.45, 2.75) is 32.7 Å². The number of hydrogen-bond donors (Lipinski definition) is 2. The standard InChI is InChI=1S/C24H22N6O3S/c1-14(16-4-6-26-7-5-16)30(10-15-2-3-21-19(8-15)28-13-34-21)24(32)23(31)29-20-9-27-22(25)18-12-33-11-17(18)20/h2-9,13-14H,10-12H2,1H3,(H2,25,27)(H,29,31). The Morgan fingerprint density at radius 2 is 1.97 bits per heavy atom. The number of hydrogen-bond acceptors (Lipinski definition) is 8. The number of nitrogens with zero attached hydrogens (tertiary/aromatic N) is 4. The molecule has 1 aliphatic rings. The van der Waals surface area contributed by atoms with Crippen LogP contribution in [-0.4, -0.2) is 31.7 Å². The molecule has 4 aromatic rings. The van der Waals surface area contributed by atoms with Gasteiger partial charge < -0.3 is 20.7 Å². The van der Waals surface area contributed by atoms with Crippen molar-refractivity contribution in [3.8, 4) is 0 Å². The van der Waals surface area contributed by atoms with Gasteiger partial charge in [0.05, 0.1) is 46.9 Å². The van der Waals surface area contributed by atoms with Crippen LogP contribution >= 0.6 is 11.3 Å². The van der Waals surface area contributed by atoms with E-state index in [1.165, 1.54) is 6.20 Å². The van der Waals surface area contributed by atoms with Crippen LogP contribution in [0.1, 0.15) is 35.2 Å². The second kappa shape index (κ2) is 9.16. The molecule has 1 aliphatic heterocycles. The predicted molar refractivity (Wildman–Crippen MR) is 129 cm³/mol. The number of nitrogen functional groups attached to an aromatic ring is 1. The summed E-state index contributed by atoms with van der Waals surface area (Å²) in [5, 5.41) is 2.72. The van der Waals surface area contributed by atoms with Gasteiger partial charge in [0.2, 0.25) is 0 Å². The van der Waals surface area contributed by atoms with Gasteiger partial charge in [0.25, 0.3) is 0 Å². The zero-order valence-corrected chi connectivity index (χ0v) is 19.2. The molecule has 4 heterocycles. The van der Waals surface area contributed by atoms with Gasteiger partial charge in [-0.15, -0.1) is 11.3 Å². The van der Waals surface area contributed by atoms with Gasteiger partial charge in [0.1, 0.15) is 5.82 Å². The Labute approximate surface area is 199 Å². The van der Waals surface area contributed by atoms with Gasteiger partial charge in [-0.05, 0) is 42.3 Å². The number of ether oxygens (including phenoxy) is 1. The van der Waals surface area contributed by atoms with E-state index in [1.54, 1.807) is 34.1 Å². The third-order valence-electron chi connectivity index (χ3n) is 5.93. The second-order valence-corrected chi connectivity index (χ2v) is 8.89. The number of carbonyl (C=O) groups is 2. The summed E-state index contributed by atoms with van der Waals surface area (Å²) in [7, 11) is 0. The van der Waals surface area contributed by atoms with Crippen LogP contribution in [-0.2, 0) is 34.1 Å². The van der Waals surface area contributed by atoms with Gasteiger partial charge in [0.15, 0.2) is 0 Å². The van der Waals surface area contributed by atoms with Gasteiger partial charge in [-0.1, -0.05) is 6.07 Å². The van der Waals surface area contributed by atoms with E-state index in [0.717, 1.165) is 32.5 Å². The summed E-state index contributed by atoms with van der Waals surface area (Å²) in [5.74, 6) is -1.05. The molecular formula is C24H22N6O3S. The Morgan fingerprint density at radius 1 is 1.18 bits per heavy atom. The Bertz CT molecular complexity index is 1370. The largest absolute Gasteiger partial charge is 0.383 e. The molecule has 0 saturated heterocycles. The third-order valence-corrected chi connectivity index (χ3v) is 6.74. The van der Waals surface area contributed by atoms with Gasteiger partial charge in [-0.25, -0.2) is 9.97 Å². The third kappa shape index (κ3) is 4.20. The lowest BCUT2D eigenvalue weighted by atomic mass is 10.1. The molecule has 10 heteroatoms. The smallest absolute Gasteiger partial charge is 0.313 e. The summed E-state index contributed by atoms with van der Waals surface area (Å²) in [6.07, 6.45) is 4.79. The molecule has 0 radical (unpaired) electrons. The van der Waals surface area contributed by atoms with Crippen LogP contribution in [0.3, 0.4) is 0 Å². The fraction of sp³-hybridized carbons (Fsp3) is 0.208. The number of fused-ring (bicyclic) bond motifs is 2. The van der Waals surface area contributed by atoms with E-state index < -0.39 is 11.8 Å². The van der Waals surface area contributed by atoms with Crippen molar-refractivity contribution in [1.29, 1.82) is 0 Å². The van der Waals surface area contributed by atoms with Gasteiger partial charge in [-0.2, -0.15) is 0 Å². The van der Waals surface area contributed by atoms with Crippen LogP contribution < -0.4 is 11.1 Å². The Kier molecular flexibility index (Phi) is 5.91. The fourth-order valence-corrected chi connectivity index (χ4v) is 4.67. The lowest BCUT2D eigenvalue weighted by molar-refractivity contribution is -0.145. The second-order valence-electron chi connectivity index (χ2n) is 8.01. The summed E-state index contributed by atoms with van der Waals surface area (Å²) in [4.78, 5) is 40.7. The number of benzene rings is 1. The van der Waals surface area contributed by atoms with Crippen molar-refractivity contribution in [3.05, 3.63) is 76.7 Å². The van der Waals surface area contributed by atoms with Crippen LogP contribution in [0.4, 0.5) is 11.5 Å². The zero-order chi connectivity index (χ0) is 23.7. The molecule has 34 heavy (non-hydrogen) atoms. The fourth-order valence-electron chi connectivity index (χ4n) is 4.01.